The van der Waals surface area contributed by atoms with Gasteiger partial charge < -0.3 is 10.6 Å². The summed E-state index contributed by atoms with van der Waals surface area (Å²) in [6.45, 7) is 4.10. The number of amides is 1. The lowest BCUT2D eigenvalue weighted by molar-refractivity contribution is 0.0946. The van der Waals surface area contributed by atoms with E-state index in [1.807, 2.05) is 18.3 Å². The minimum Gasteiger partial charge on any atom is -0.348 e. The molecule has 1 amide bonds. The van der Waals surface area contributed by atoms with Gasteiger partial charge in [0.15, 0.2) is 0 Å². The zero-order valence-corrected chi connectivity index (χ0v) is 11.1. The largest absolute Gasteiger partial charge is 0.348 e. The number of rotatable bonds is 3. The van der Waals surface area contributed by atoms with E-state index in [0.717, 1.165) is 31.5 Å². The Hall–Kier alpha value is -1.68. The predicted molar refractivity (Wildman–Crippen MR) is 74.7 cm³/mol. The molecule has 1 aliphatic heterocycles. The van der Waals surface area contributed by atoms with Gasteiger partial charge in [-0.2, -0.15) is 0 Å². The van der Waals surface area contributed by atoms with Crippen molar-refractivity contribution in [2.75, 3.05) is 13.1 Å². The third-order valence-electron chi connectivity index (χ3n) is 3.69. The minimum absolute atomic E-state index is 0.0543. The van der Waals surface area contributed by atoms with Crippen molar-refractivity contribution < 1.29 is 4.79 Å². The van der Waals surface area contributed by atoms with Crippen molar-refractivity contribution in [2.24, 2.45) is 5.92 Å². The molecule has 0 spiro atoms. The summed E-state index contributed by atoms with van der Waals surface area (Å²) in [5, 5.41) is 6.28. The van der Waals surface area contributed by atoms with Crippen molar-refractivity contribution in [3.05, 3.63) is 35.7 Å². The maximum atomic E-state index is 11.8. The Bertz CT molecular complexity index is 503. The zero-order valence-electron chi connectivity index (χ0n) is 11.1. The van der Waals surface area contributed by atoms with E-state index >= 15 is 0 Å². The highest BCUT2D eigenvalue weighted by atomic mass is 16.2. The van der Waals surface area contributed by atoms with Gasteiger partial charge in [-0.3, -0.25) is 9.78 Å². The maximum Gasteiger partial charge on any atom is 0.270 e. The van der Waals surface area contributed by atoms with E-state index in [1.54, 1.807) is 0 Å². The van der Waals surface area contributed by atoms with Crippen molar-refractivity contribution in [2.45, 2.75) is 25.8 Å². The standard InChI is InChI=1S/C15H19N3O/c1-10-8-16-7-6-13(10)11-2-5-14(17-9-11)15(19)18-12-3-4-12/h2,5-6,9-10,12,16H,3-4,7-8H2,1H3,(H,18,19). The minimum atomic E-state index is -0.0543. The molecule has 2 heterocycles. The highest BCUT2D eigenvalue weighted by molar-refractivity contribution is 5.92. The summed E-state index contributed by atoms with van der Waals surface area (Å²) in [6.07, 6.45) is 6.22. The fourth-order valence-electron chi connectivity index (χ4n) is 2.38. The van der Waals surface area contributed by atoms with E-state index in [4.69, 9.17) is 0 Å². The topological polar surface area (TPSA) is 54.0 Å². The van der Waals surface area contributed by atoms with Gasteiger partial charge in [-0.05, 0) is 36.0 Å². The van der Waals surface area contributed by atoms with Gasteiger partial charge in [0.1, 0.15) is 5.69 Å². The van der Waals surface area contributed by atoms with Crippen LogP contribution in [0.2, 0.25) is 0 Å². The zero-order chi connectivity index (χ0) is 13.2. The molecule has 100 valence electrons. The quantitative estimate of drug-likeness (QED) is 0.864. The second-order valence-corrected chi connectivity index (χ2v) is 5.40. The Morgan fingerprint density at radius 3 is 2.89 bits per heavy atom. The molecule has 0 aromatic carbocycles. The average Bonchev–Trinajstić information content (AvgIpc) is 3.23. The lowest BCUT2D eigenvalue weighted by Crippen LogP contribution is -2.27. The Labute approximate surface area is 113 Å². The number of nitrogens with zero attached hydrogens (tertiary/aromatic N) is 1. The third kappa shape index (κ3) is 2.84. The molecular weight excluding hydrogens is 238 g/mol. The molecule has 1 fully saturated rings. The lowest BCUT2D eigenvalue weighted by atomic mass is 9.92. The van der Waals surface area contributed by atoms with Crippen LogP contribution in [-0.2, 0) is 0 Å². The number of aromatic nitrogens is 1. The lowest BCUT2D eigenvalue weighted by Gasteiger charge is -2.21. The molecule has 2 aliphatic rings. The normalized spacial score (nSPS) is 22.8. The fourth-order valence-corrected chi connectivity index (χ4v) is 2.38. The number of carbonyl (C=O) groups is 1. The van der Waals surface area contributed by atoms with Gasteiger partial charge in [-0.1, -0.05) is 19.1 Å². The average molecular weight is 257 g/mol. The molecule has 1 aromatic rings. The van der Waals surface area contributed by atoms with Crippen molar-refractivity contribution in [1.82, 2.24) is 15.6 Å². The van der Waals surface area contributed by atoms with Gasteiger partial charge in [-0.15, -0.1) is 0 Å². The van der Waals surface area contributed by atoms with Gasteiger partial charge in [0.05, 0.1) is 0 Å². The summed E-state index contributed by atoms with van der Waals surface area (Å²) >= 11 is 0. The monoisotopic (exact) mass is 257 g/mol. The first-order valence-corrected chi connectivity index (χ1v) is 6.92. The SMILES string of the molecule is CC1CNCC=C1c1ccc(C(=O)NC2CC2)nc1. The van der Waals surface area contributed by atoms with Crippen molar-refractivity contribution in [3.63, 3.8) is 0 Å². The number of pyridine rings is 1. The Morgan fingerprint density at radius 1 is 1.42 bits per heavy atom. The first kappa shape index (κ1) is 12.4. The van der Waals surface area contributed by atoms with E-state index in [2.05, 4.69) is 28.6 Å². The predicted octanol–water partition coefficient (Wildman–Crippen LogP) is 1.60. The molecule has 1 aliphatic carbocycles. The summed E-state index contributed by atoms with van der Waals surface area (Å²) in [7, 11) is 0. The molecule has 0 radical (unpaired) electrons. The number of hydrogen-bond donors (Lipinski definition) is 2. The summed E-state index contributed by atoms with van der Waals surface area (Å²) in [4.78, 5) is 16.1. The van der Waals surface area contributed by atoms with Crippen LogP contribution in [0, 0.1) is 5.92 Å². The molecule has 4 nitrogen and oxygen atoms in total. The van der Waals surface area contributed by atoms with E-state index in [-0.39, 0.29) is 5.91 Å². The molecule has 1 aromatic heterocycles. The second-order valence-electron chi connectivity index (χ2n) is 5.40. The van der Waals surface area contributed by atoms with Gasteiger partial charge in [-0.25, -0.2) is 0 Å². The van der Waals surface area contributed by atoms with Gasteiger partial charge in [0, 0.05) is 25.3 Å². The summed E-state index contributed by atoms with van der Waals surface area (Å²) < 4.78 is 0. The molecule has 4 heteroatoms. The van der Waals surface area contributed by atoms with Crippen LogP contribution in [0.15, 0.2) is 24.4 Å². The van der Waals surface area contributed by atoms with Crippen LogP contribution < -0.4 is 10.6 Å². The number of hydrogen-bond acceptors (Lipinski definition) is 3. The molecule has 1 saturated carbocycles. The van der Waals surface area contributed by atoms with Crippen LogP contribution in [-0.4, -0.2) is 30.0 Å². The molecule has 19 heavy (non-hydrogen) atoms. The smallest absolute Gasteiger partial charge is 0.270 e. The summed E-state index contributed by atoms with van der Waals surface area (Å²) in [5.74, 6) is 0.433. The van der Waals surface area contributed by atoms with E-state index < -0.39 is 0 Å². The molecule has 2 N–H and O–H groups in total. The first-order chi connectivity index (χ1) is 9.24. The highest BCUT2D eigenvalue weighted by Gasteiger charge is 2.24. The Kier molecular flexibility index (Phi) is 3.34. The Morgan fingerprint density at radius 2 is 2.26 bits per heavy atom. The van der Waals surface area contributed by atoms with Crippen LogP contribution in [0.1, 0.15) is 35.8 Å². The maximum absolute atomic E-state index is 11.8. The van der Waals surface area contributed by atoms with Crippen LogP contribution in [0.3, 0.4) is 0 Å². The van der Waals surface area contributed by atoms with E-state index in [1.165, 1.54) is 5.57 Å². The van der Waals surface area contributed by atoms with Gasteiger partial charge in [0.25, 0.3) is 5.91 Å². The summed E-state index contributed by atoms with van der Waals surface area (Å²) in [5.41, 5.74) is 2.95. The van der Waals surface area contributed by atoms with Crippen LogP contribution in [0.5, 0.6) is 0 Å². The highest BCUT2D eigenvalue weighted by Crippen LogP contribution is 2.24. The van der Waals surface area contributed by atoms with Crippen molar-refractivity contribution in [3.8, 4) is 0 Å². The number of nitrogens with one attached hydrogen (secondary N) is 2. The van der Waals surface area contributed by atoms with Gasteiger partial charge in [0.2, 0.25) is 0 Å². The van der Waals surface area contributed by atoms with Crippen molar-refractivity contribution >= 4 is 11.5 Å². The van der Waals surface area contributed by atoms with E-state index in [9.17, 15) is 4.79 Å². The van der Waals surface area contributed by atoms with Gasteiger partial charge >= 0.3 is 0 Å². The van der Waals surface area contributed by atoms with Crippen molar-refractivity contribution in [1.29, 1.82) is 0 Å². The third-order valence-corrected chi connectivity index (χ3v) is 3.69. The van der Waals surface area contributed by atoms with E-state index in [0.29, 0.717) is 17.7 Å². The molecular formula is C15H19N3O. The molecule has 0 bridgehead atoms. The molecule has 1 unspecified atom stereocenters. The molecule has 1 atom stereocenters. The second kappa shape index (κ2) is 5.13. The van der Waals surface area contributed by atoms with Crippen LogP contribution >= 0.6 is 0 Å². The Balaban J connectivity index is 1.74. The summed E-state index contributed by atoms with van der Waals surface area (Å²) in [6, 6.07) is 4.20. The first-order valence-electron chi connectivity index (χ1n) is 6.92. The molecule has 0 saturated heterocycles. The number of carbonyl (C=O) groups excluding carboxylic acids is 1. The van der Waals surface area contributed by atoms with Crippen LogP contribution in [0.4, 0.5) is 0 Å². The molecule has 3 rings (SSSR count). The van der Waals surface area contributed by atoms with Crippen LogP contribution in [0.25, 0.3) is 5.57 Å². The fraction of sp³-hybridized carbons (Fsp3) is 0.467.